The molecule has 1 fully saturated rings. The van der Waals surface area contributed by atoms with Gasteiger partial charge in [-0.25, -0.2) is 4.98 Å². The van der Waals surface area contributed by atoms with Crippen LogP contribution in [0.3, 0.4) is 0 Å². The van der Waals surface area contributed by atoms with E-state index in [4.69, 9.17) is 4.98 Å². The zero-order chi connectivity index (χ0) is 18.1. The van der Waals surface area contributed by atoms with E-state index in [0.717, 1.165) is 48.3 Å². The van der Waals surface area contributed by atoms with E-state index in [0.29, 0.717) is 5.69 Å². The van der Waals surface area contributed by atoms with Crippen LogP contribution in [0.5, 0.6) is 0 Å². The number of carbonyl (C=O) groups excluding carboxylic acids is 1. The molecule has 1 saturated heterocycles. The molecular formula is C20H23N5O. The average Bonchev–Trinajstić information content (AvgIpc) is 3.00. The summed E-state index contributed by atoms with van der Waals surface area (Å²) in [7, 11) is 1.85. The maximum atomic E-state index is 12.5. The van der Waals surface area contributed by atoms with Gasteiger partial charge in [0.25, 0.3) is 5.91 Å². The maximum Gasteiger partial charge on any atom is 0.272 e. The number of carbonyl (C=O) groups is 1. The third-order valence-corrected chi connectivity index (χ3v) is 5.01. The number of aryl methyl sites for hydroxylation is 2. The van der Waals surface area contributed by atoms with Gasteiger partial charge in [-0.2, -0.15) is 5.10 Å². The summed E-state index contributed by atoms with van der Waals surface area (Å²) in [5, 5.41) is 8.54. The van der Waals surface area contributed by atoms with Crippen molar-refractivity contribution in [2.45, 2.75) is 25.8 Å². The molecule has 0 spiro atoms. The number of fused-ring (bicyclic) bond motifs is 1. The lowest BCUT2D eigenvalue weighted by molar-refractivity contribution is 0.0927. The minimum atomic E-state index is -0.105. The Bertz CT molecular complexity index is 929. The summed E-state index contributed by atoms with van der Waals surface area (Å²) in [5.74, 6) is 0.864. The highest BCUT2D eigenvalue weighted by atomic mass is 16.2. The quantitative estimate of drug-likeness (QED) is 0.790. The molecule has 0 aliphatic carbocycles. The van der Waals surface area contributed by atoms with Crippen molar-refractivity contribution >= 4 is 22.6 Å². The first-order valence-corrected chi connectivity index (χ1v) is 9.02. The standard InChI is InChI=1S/C20H23N5O/c1-14-12-18(23-24(14)2)20(26)21-16-7-5-11-25(13-16)19-10-9-15-6-3-4-8-17(15)22-19/h3-4,6,8-10,12,16H,5,7,11,13H2,1-2H3,(H,21,26). The fourth-order valence-electron chi connectivity index (χ4n) is 3.47. The van der Waals surface area contributed by atoms with Gasteiger partial charge in [-0.15, -0.1) is 0 Å². The van der Waals surface area contributed by atoms with Crippen molar-refractivity contribution in [3.8, 4) is 0 Å². The number of anilines is 1. The van der Waals surface area contributed by atoms with Gasteiger partial charge >= 0.3 is 0 Å². The molecule has 1 N–H and O–H groups in total. The van der Waals surface area contributed by atoms with Gasteiger partial charge in [-0.1, -0.05) is 18.2 Å². The summed E-state index contributed by atoms with van der Waals surface area (Å²) in [5.41, 5.74) is 2.45. The van der Waals surface area contributed by atoms with Gasteiger partial charge in [-0.05, 0) is 44.0 Å². The number of benzene rings is 1. The predicted molar refractivity (Wildman–Crippen MR) is 102 cm³/mol. The van der Waals surface area contributed by atoms with Crippen molar-refractivity contribution in [3.05, 3.63) is 53.9 Å². The Morgan fingerprint density at radius 3 is 2.88 bits per heavy atom. The van der Waals surface area contributed by atoms with E-state index < -0.39 is 0 Å². The molecule has 1 amide bonds. The molecule has 0 bridgehead atoms. The van der Waals surface area contributed by atoms with Gasteiger partial charge in [-0.3, -0.25) is 9.48 Å². The van der Waals surface area contributed by atoms with E-state index in [-0.39, 0.29) is 11.9 Å². The summed E-state index contributed by atoms with van der Waals surface area (Å²) < 4.78 is 1.72. The lowest BCUT2D eigenvalue weighted by atomic mass is 10.1. The zero-order valence-electron chi connectivity index (χ0n) is 15.1. The Kier molecular flexibility index (Phi) is 4.32. The summed E-state index contributed by atoms with van der Waals surface area (Å²) in [6.07, 6.45) is 2.00. The molecule has 3 aromatic rings. The van der Waals surface area contributed by atoms with Crippen molar-refractivity contribution < 1.29 is 4.79 Å². The average molecular weight is 349 g/mol. The van der Waals surface area contributed by atoms with Crippen LogP contribution in [0.4, 0.5) is 5.82 Å². The van der Waals surface area contributed by atoms with E-state index in [1.807, 2.05) is 38.2 Å². The van der Waals surface area contributed by atoms with Crippen LogP contribution in [-0.4, -0.2) is 39.8 Å². The van der Waals surface area contributed by atoms with Crippen LogP contribution in [0, 0.1) is 6.92 Å². The molecule has 4 rings (SSSR count). The molecule has 1 unspecified atom stereocenters. The van der Waals surface area contributed by atoms with E-state index >= 15 is 0 Å². The summed E-state index contributed by atoms with van der Waals surface area (Å²) in [6, 6.07) is 14.2. The number of aromatic nitrogens is 3. The van der Waals surface area contributed by atoms with Crippen LogP contribution < -0.4 is 10.2 Å². The van der Waals surface area contributed by atoms with Gasteiger partial charge in [0.1, 0.15) is 11.5 Å². The van der Waals surface area contributed by atoms with Crippen molar-refractivity contribution in [2.75, 3.05) is 18.0 Å². The van der Waals surface area contributed by atoms with Crippen LogP contribution >= 0.6 is 0 Å². The highest BCUT2D eigenvalue weighted by Gasteiger charge is 2.23. The number of rotatable bonds is 3. The van der Waals surface area contributed by atoms with E-state index in [2.05, 4.69) is 33.5 Å². The molecule has 6 nitrogen and oxygen atoms in total. The second-order valence-corrected chi connectivity index (χ2v) is 6.92. The van der Waals surface area contributed by atoms with Gasteiger partial charge in [0, 0.05) is 37.3 Å². The topological polar surface area (TPSA) is 63.1 Å². The minimum Gasteiger partial charge on any atom is -0.355 e. The number of para-hydroxylation sites is 1. The first-order valence-electron chi connectivity index (χ1n) is 9.02. The van der Waals surface area contributed by atoms with Gasteiger partial charge < -0.3 is 10.2 Å². The lowest BCUT2D eigenvalue weighted by Crippen LogP contribution is -2.48. The lowest BCUT2D eigenvalue weighted by Gasteiger charge is -2.34. The molecule has 0 radical (unpaired) electrons. The monoisotopic (exact) mass is 349 g/mol. The molecule has 2 aromatic heterocycles. The summed E-state index contributed by atoms with van der Waals surface area (Å²) in [6.45, 7) is 3.67. The van der Waals surface area contributed by atoms with Crippen LogP contribution in [0.15, 0.2) is 42.5 Å². The van der Waals surface area contributed by atoms with Crippen molar-refractivity contribution in [2.24, 2.45) is 7.05 Å². The molecule has 1 atom stereocenters. The second-order valence-electron chi connectivity index (χ2n) is 6.92. The molecule has 26 heavy (non-hydrogen) atoms. The molecular weight excluding hydrogens is 326 g/mol. The molecule has 1 aliphatic heterocycles. The third kappa shape index (κ3) is 3.27. The minimum absolute atomic E-state index is 0.104. The molecule has 1 aliphatic rings. The number of nitrogens with zero attached hydrogens (tertiary/aromatic N) is 4. The second kappa shape index (κ2) is 6.78. The van der Waals surface area contributed by atoms with Crippen LogP contribution in [0.1, 0.15) is 29.0 Å². The zero-order valence-corrected chi connectivity index (χ0v) is 15.1. The summed E-state index contributed by atoms with van der Waals surface area (Å²) in [4.78, 5) is 19.5. The maximum absolute atomic E-state index is 12.5. The van der Waals surface area contributed by atoms with Gasteiger partial charge in [0.15, 0.2) is 0 Å². The number of amides is 1. The fourth-order valence-corrected chi connectivity index (χ4v) is 3.47. The van der Waals surface area contributed by atoms with E-state index in [1.165, 1.54) is 0 Å². The Morgan fingerprint density at radius 2 is 2.08 bits per heavy atom. The normalized spacial score (nSPS) is 17.5. The number of hydrogen-bond acceptors (Lipinski definition) is 4. The smallest absolute Gasteiger partial charge is 0.272 e. The largest absolute Gasteiger partial charge is 0.355 e. The van der Waals surface area contributed by atoms with Crippen LogP contribution in [-0.2, 0) is 7.05 Å². The number of nitrogens with one attached hydrogen (secondary N) is 1. The van der Waals surface area contributed by atoms with Crippen molar-refractivity contribution in [1.29, 1.82) is 0 Å². The van der Waals surface area contributed by atoms with E-state index in [9.17, 15) is 4.79 Å². The van der Waals surface area contributed by atoms with Crippen LogP contribution in [0.25, 0.3) is 10.9 Å². The first kappa shape index (κ1) is 16.6. The first-order chi connectivity index (χ1) is 12.6. The molecule has 0 saturated carbocycles. The van der Waals surface area contributed by atoms with Crippen LogP contribution in [0.2, 0.25) is 0 Å². The highest BCUT2D eigenvalue weighted by Crippen LogP contribution is 2.21. The highest BCUT2D eigenvalue weighted by molar-refractivity contribution is 5.92. The van der Waals surface area contributed by atoms with Gasteiger partial charge in [0.05, 0.1) is 5.52 Å². The molecule has 3 heterocycles. The fraction of sp³-hybridized carbons (Fsp3) is 0.350. The van der Waals surface area contributed by atoms with Crippen molar-refractivity contribution in [1.82, 2.24) is 20.1 Å². The Labute approximate surface area is 152 Å². The Morgan fingerprint density at radius 1 is 1.23 bits per heavy atom. The van der Waals surface area contributed by atoms with E-state index in [1.54, 1.807) is 4.68 Å². The number of hydrogen-bond donors (Lipinski definition) is 1. The van der Waals surface area contributed by atoms with Crippen molar-refractivity contribution in [3.63, 3.8) is 0 Å². The molecule has 134 valence electrons. The third-order valence-electron chi connectivity index (χ3n) is 5.01. The predicted octanol–water partition coefficient (Wildman–Crippen LogP) is 2.68. The molecule has 1 aromatic carbocycles. The number of pyridine rings is 1. The summed E-state index contributed by atoms with van der Waals surface area (Å²) >= 11 is 0. The number of piperidine rings is 1. The molecule has 6 heteroatoms. The Balaban J connectivity index is 1.47. The van der Waals surface area contributed by atoms with Gasteiger partial charge in [0.2, 0.25) is 0 Å². The Hall–Kier alpha value is -2.89. The SMILES string of the molecule is Cc1cc(C(=O)NC2CCCN(c3ccc4ccccc4n3)C2)nn1C.